The molecular weight excluding hydrogens is 751 g/mol. The molecule has 2 saturated heterocycles. The van der Waals surface area contributed by atoms with Crippen molar-refractivity contribution in [1.29, 1.82) is 0 Å². The molecule has 3 heterocycles. The average molecular weight is 794 g/mol. The Morgan fingerprint density at radius 1 is 0.797 bits per heavy atom. The second-order valence-corrected chi connectivity index (χ2v) is 15.2. The number of nitrogens with one attached hydrogen (secondary N) is 1. The van der Waals surface area contributed by atoms with Crippen LogP contribution in [-0.2, 0) is 19.8 Å². The standard InChI is InChI=1S/C47H43N3O9/c1-29-25-49(44(53)48-42(29)52)43-40-41(51)46(59-43,27-50(40)45(54)57-26-39-37-15-9-7-13-35(37)36-14-8-10-16-38(36)39)28-58-47(30-11-5-4-6-12-30,31-17-21-33(55-2)22-18-31)32-19-23-34(56-3)24-20-32/h4-25,39-41,43,51H,26-28H2,1-3H3,(H,48,52,53)/t40-,41+,43+,46-/m0/s1. The van der Waals surface area contributed by atoms with E-state index in [1.54, 1.807) is 21.1 Å². The maximum Gasteiger partial charge on any atom is 0.410 e. The Morgan fingerprint density at radius 2 is 1.34 bits per heavy atom. The molecule has 12 nitrogen and oxygen atoms in total. The van der Waals surface area contributed by atoms with E-state index in [9.17, 15) is 19.5 Å². The van der Waals surface area contributed by atoms with Gasteiger partial charge in [-0.15, -0.1) is 0 Å². The minimum Gasteiger partial charge on any atom is -0.497 e. The van der Waals surface area contributed by atoms with Gasteiger partial charge in [0.25, 0.3) is 5.56 Å². The fraction of sp³-hybridized carbons (Fsp3) is 0.255. The Bertz CT molecular complexity index is 2530. The molecule has 1 aromatic heterocycles. The molecule has 4 atom stereocenters. The van der Waals surface area contributed by atoms with Crippen molar-refractivity contribution in [3.8, 4) is 22.6 Å². The first-order valence-electron chi connectivity index (χ1n) is 19.5. The summed E-state index contributed by atoms with van der Waals surface area (Å²) in [6.07, 6.45) is -1.83. The van der Waals surface area contributed by atoms with Gasteiger partial charge in [-0.3, -0.25) is 19.2 Å². The van der Waals surface area contributed by atoms with Crippen LogP contribution in [0.5, 0.6) is 11.5 Å². The molecule has 0 spiro atoms. The lowest BCUT2D eigenvalue weighted by Crippen LogP contribution is -2.53. The van der Waals surface area contributed by atoms with Gasteiger partial charge in [-0.05, 0) is 70.1 Å². The molecule has 1 amide bonds. The highest BCUT2D eigenvalue weighted by molar-refractivity contribution is 5.79. The van der Waals surface area contributed by atoms with Crippen LogP contribution in [0.4, 0.5) is 4.79 Å². The maximum absolute atomic E-state index is 14.4. The van der Waals surface area contributed by atoms with E-state index in [4.69, 9.17) is 23.7 Å². The fourth-order valence-corrected chi connectivity index (χ4v) is 9.03. The molecule has 2 fully saturated rings. The Hall–Kier alpha value is -6.47. The molecule has 2 bridgehead atoms. The number of rotatable bonds is 11. The molecule has 0 radical (unpaired) electrons. The Kier molecular flexibility index (Phi) is 9.70. The van der Waals surface area contributed by atoms with Crippen molar-refractivity contribution < 1.29 is 33.6 Å². The van der Waals surface area contributed by atoms with Crippen molar-refractivity contribution in [2.75, 3.05) is 34.0 Å². The van der Waals surface area contributed by atoms with E-state index in [1.165, 1.54) is 15.7 Å². The van der Waals surface area contributed by atoms with Crippen LogP contribution in [0.15, 0.2) is 143 Å². The van der Waals surface area contributed by atoms with Crippen LogP contribution in [0.2, 0.25) is 0 Å². The molecule has 0 saturated carbocycles. The van der Waals surface area contributed by atoms with Gasteiger partial charge in [-0.25, -0.2) is 9.59 Å². The van der Waals surface area contributed by atoms with Gasteiger partial charge in [0.05, 0.1) is 27.4 Å². The van der Waals surface area contributed by atoms with Gasteiger partial charge in [0.2, 0.25) is 0 Å². The number of amides is 1. The molecule has 5 aromatic carbocycles. The number of aromatic amines is 1. The summed E-state index contributed by atoms with van der Waals surface area (Å²) >= 11 is 0. The topological polar surface area (TPSA) is 142 Å². The summed E-state index contributed by atoms with van der Waals surface area (Å²) in [6, 6.07) is 39.8. The molecule has 2 aliphatic heterocycles. The van der Waals surface area contributed by atoms with E-state index in [1.807, 2.05) is 115 Å². The number of ether oxygens (including phenoxy) is 5. The molecule has 3 aliphatic rings. The summed E-state index contributed by atoms with van der Waals surface area (Å²) in [5, 5.41) is 12.4. The van der Waals surface area contributed by atoms with Crippen LogP contribution in [0, 0.1) is 6.92 Å². The third kappa shape index (κ3) is 6.31. The number of fused-ring (bicyclic) bond motifs is 5. The smallest absolute Gasteiger partial charge is 0.410 e. The van der Waals surface area contributed by atoms with Crippen molar-refractivity contribution in [1.82, 2.24) is 14.5 Å². The summed E-state index contributed by atoms with van der Waals surface area (Å²) in [7, 11) is 3.20. The van der Waals surface area contributed by atoms with Crippen LogP contribution >= 0.6 is 0 Å². The average Bonchev–Trinajstić information content (AvgIpc) is 3.86. The van der Waals surface area contributed by atoms with E-state index >= 15 is 0 Å². The molecule has 6 aromatic rings. The number of morpholine rings is 1. The van der Waals surface area contributed by atoms with Gasteiger partial charge in [-0.2, -0.15) is 0 Å². The SMILES string of the molecule is COc1ccc(C(OC[C@]23CN(C(=O)OCC4c5ccccc5-c5ccccc54)[C@H]([C@H](n4cc(C)c(=O)[nH]c4=O)O2)[C@H]3O)(c2ccccc2)c2ccc(OC)cc2)cc1. The Morgan fingerprint density at radius 3 is 1.92 bits per heavy atom. The number of hydrogen-bond donors (Lipinski definition) is 2. The monoisotopic (exact) mass is 793 g/mol. The first-order chi connectivity index (χ1) is 28.7. The van der Waals surface area contributed by atoms with Gasteiger partial charge < -0.3 is 28.8 Å². The van der Waals surface area contributed by atoms with Gasteiger partial charge in [0, 0.05) is 17.7 Å². The number of carbonyl (C=O) groups excluding carboxylic acids is 1. The van der Waals surface area contributed by atoms with Gasteiger partial charge in [0.15, 0.2) is 6.23 Å². The fourth-order valence-electron chi connectivity index (χ4n) is 9.03. The van der Waals surface area contributed by atoms with E-state index in [2.05, 4.69) is 17.1 Å². The van der Waals surface area contributed by atoms with Crippen molar-refractivity contribution >= 4 is 6.09 Å². The predicted octanol–water partition coefficient (Wildman–Crippen LogP) is 6.13. The van der Waals surface area contributed by atoms with Crippen LogP contribution in [-0.4, -0.2) is 77.4 Å². The predicted molar refractivity (Wildman–Crippen MR) is 219 cm³/mol. The zero-order valence-electron chi connectivity index (χ0n) is 32.7. The van der Waals surface area contributed by atoms with Crippen LogP contribution < -0.4 is 20.7 Å². The van der Waals surface area contributed by atoms with Gasteiger partial charge >= 0.3 is 11.8 Å². The summed E-state index contributed by atoms with van der Waals surface area (Å²) in [4.78, 5) is 44.0. The first kappa shape index (κ1) is 38.1. The number of aryl methyl sites for hydroxylation is 1. The number of likely N-dealkylation sites (tertiary alicyclic amines) is 1. The van der Waals surface area contributed by atoms with Crippen molar-refractivity contribution in [3.63, 3.8) is 0 Å². The molecule has 12 heteroatoms. The van der Waals surface area contributed by atoms with Gasteiger partial charge in [0.1, 0.15) is 41.5 Å². The largest absolute Gasteiger partial charge is 0.497 e. The van der Waals surface area contributed by atoms with Crippen LogP contribution in [0.3, 0.4) is 0 Å². The summed E-state index contributed by atoms with van der Waals surface area (Å²) in [5.74, 6) is 1.10. The number of nitrogens with zero attached hydrogens (tertiary/aromatic N) is 2. The van der Waals surface area contributed by atoms with Crippen LogP contribution in [0.25, 0.3) is 11.1 Å². The van der Waals surface area contributed by atoms with E-state index < -0.39 is 46.9 Å². The van der Waals surface area contributed by atoms with Crippen LogP contribution in [0.1, 0.15) is 45.5 Å². The summed E-state index contributed by atoms with van der Waals surface area (Å²) < 4.78 is 32.3. The second kappa shape index (κ2) is 15.0. The summed E-state index contributed by atoms with van der Waals surface area (Å²) in [6.45, 7) is 1.26. The maximum atomic E-state index is 14.4. The number of aromatic nitrogens is 2. The van der Waals surface area contributed by atoms with Crippen molar-refractivity contribution in [2.24, 2.45) is 0 Å². The lowest BCUT2D eigenvalue weighted by Gasteiger charge is -2.41. The number of aliphatic hydroxyl groups is 1. The Balaban J connectivity index is 1.10. The first-order valence-corrected chi connectivity index (χ1v) is 19.5. The third-order valence-electron chi connectivity index (χ3n) is 12.0. The minimum absolute atomic E-state index is 0.0466. The van der Waals surface area contributed by atoms with E-state index in [0.29, 0.717) is 11.5 Å². The molecule has 300 valence electrons. The molecule has 59 heavy (non-hydrogen) atoms. The number of aliphatic hydroxyl groups excluding tert-OH is 1. The normalized spacial score (nSPS) is 20.6. The molecule has 0 unspecified atom stereocenters. The van der Waals surface area contributed by atoms with Crippen molar-refractivity contribution in [2.45, 2.75) is 42.4 Å². The molecular formula is C47H43N3O9. The number of hydrogen-bond acceptors (Lipinski definition) is 9. The third-order valence-corrected chi connectivity index (χ3v) is 12.0. The zero-order chi connectivity index (χ0) is 40.9. The second-order valence-electron chi connectivity index (χ2n) is 15.2. The number of carbonyl (C=O) groups is 1. The summed E-state index contributed by atoms with van der Waals surface area (Å²) in [5.41, 5.74) is 2.71. The number of benzene rings is 5. The van der Waals surface area contributed by atoms with Gasteiger partial charge in [-0.1, -0.05) is 103 Å². The quantitative estimate of drug-likeness (QED) is 0.148. The highest BCUT2D eigenvalue weighted by Crippen LogP contribution is 2.50. The minimum atomic E-state index is -1.55. The number of H-pyrrole nitrogens is 1. The highest BCUT2D eigenvalue weighted by atomic mass is 16.6. The molecule has 1 aliphatic carbocycles. The van der Waals surface area contributed by atoms with E-state index in [0.717, 1.165) is 38.9 Å². The number of methoxy groups -OCH3 is 2. The van der Waals surface area contributed by atoms with Crippen molar-refractivity contribution in [3.05, 3.63) is 188 Å². The Labute approximate surface area is 340 Å². The molecule has 9 rings (SSSR count). The molecule has 2 N–H and O–H groups in total. The zero-order valence-corrected chi connectivity index (χ0v) is 32.7. The lowest BCUT2D eigenvalue weighted by molar-refractivity contribution is -0.175. The highest BCUT2D eigenvalue weighted by Gasteiger charge is 2.66. The lowest BCUT2D eigenvalue weighted by atomic mass is 9.79. The van der Waals surface area contributed by atoms with E-state index in [-0.39, 0.29) is 31.2 Å².